The standard InChI is InChI=1S/C15H13NO5/c1-20-13-4-2-3-12(7-13)10-21-15-6-5-11(9-17)8-14(15)16(18)19/h2-9H,10H2,1H3. The predicted octanol–water partition coefficient (Wildman–Crippen LogP) is 2.99. The molecule has 0 unspecified atom stereocenters. The van der Waals surface area contributed by atoms with Gasteiger partial charge in [0.05, 0.1) is 12.0 Å². The van der Waals surface area contributed by atoms with E-state index in [1.165, 1.54) is 18.2 Å². The van der Waals surface area contributed by atoms with Crippen LogP contribution >= 0.6 is 0 Å². The lowest BCUT2D eigenvalue weighted by molar-refractivity contribution is -0.386. The van der Waals surface area contributed by atoms with Crippen molar-refractivity contribution < 1.29 is 19.2 Å². The zero-order valence-electron chi connectivity index (χ0n) is 11.3. The van der Waals surface area contributed by atoms with Crippen LogP contribution in [-0.2, 0) is 6.61 Å². The average molecular weight is 287 g/mol. The second-order valence-electron chi connectivity index (χ2n) is 4.24. The first-order valence-electron chi connectivity index (χ1n) is 6.13. The Morgan fingerprint density at radius 3 is 2.71 bits per heavy atom. The van der Waals surface area contributed by atoms with Gasteiger partial charge in [0.15, 0.2) is 5.75 Å². The lowest BCUT2D eigenvalue weighted by Gasteiger charge is -2.08. The highest BCUT2D eigenvalue weighted by Crippen LogP contribution is 2.28. The van der Waals surface area contributed by atoms with Crippen molar-refractivity contribution in [2.24, 2.45) is 0 Å². The van der Waals surface area contributed by atoms with Crippen molar-refractivity contribution in [1.29, 1.82) is 0 Å². The number of nitro groups is 1. The topological polar surface area (TPSA) is 78.7 Å². The van der Waals surface area contributed by atoms with Gasteiger partial charge in [-0.1, -0.05) is 12.1 Å². The van der Waals surface area contributed by atoms with Crippen LogP contribution in [0.1, 0.15) is 15.9 Å². The number of rotatable bonds is 6. The van der Waals surface area contributed by atoms with Crippen LogP contribution < -0.4 is 9.47 Å². The summed E-state index contributed by atoms with van der Waals surface area (Å²) in [5.41, 5.74) is 0.820. The lowest BCUT2D eigenvalue weighted by Crippen LogP contribution is -2.00. The Kier molecular flexibility index (Phi) is 4.50. The molecule has 0 heterocycles. The minimum Gasteiger partial charge on any atom is -0.497 e. The summed E-state index contributed by atoms with van der Waals surface area (Å²) < 4.78 is 10.6. The fourth-order valence-corrected chi connectivity index (χ4v) is 1.80. The van der Waals surface area contributed by atoms with Crippen molar-refractivity contribution in [3.05, 3.63) is 63.7 Å². The zero-order chi connectivity index (χ0) is 15.2. The smallest absolute Gasteiger partial charge is 0.311 e. The van der Waals surface area contributed by atoms with Crippen molar-refractivity contribution >= 4 is 12.0 Å². The van der Waals surface area contributed by atoms with Gasteiger partial charge in [0.2, 0.25) is 0 Å². The van der Waals surface area contributed by atoms with Crippen molar-refractivity contribution in [2.45, 2.75) is 6.61 Å². The van der Waals surface area contributed by atoms with Gasteiger partial charge in [-0.2, -0.15) is 0 Å². The van der Waals surface area contributed by atoms with E-state index >= 15 is 0 Å². The van der Waals surface area contributed by atoms with Crippen molar-refractivity contribution in [3.8, 4) is 11.5 Å². The fourth-order valence-electron chi connectivity index (χ4n) is 1.80. The van der Waals surface area contributed by atoms with E-state index in [0.717, 1.165) is 5.56 Å². The van der Waals surface area contributed by atoms with Crippen molar-refractivity contribution in [1.82, 2.24) is 0 Å². The summed E-state index contributed by atoms with van der Waals surface area (Å²) in [5, 5.41) is 11.0. The first-order valence-corrected chi connectivity index (χ1v) is 6.13. The van der Waals surface area contributed by atoms with Crippen LogP contribution in [0.4, 0.5) is 5.69 Å². The number of hydrogen-bond donors (Lipinski definition) is 0. The second kappa shape index (κ2) is 6.51. The molecule has 0 aliphatic carbocycles. The fraction of sp³-hybridized carbons (Fsp3) is 0.133. The summed E-state index contributed by atoms with van der Waals surface area (Å²) in [4.78, 5) is 21.1. The first-order chi connectivity index (χ1) is 10.1. The highest BCUT2D eigenvalue weighted by molar-refractivity contribution is 5.77. The van der Waals surface area contributed by atoms with Crippen LogP contribution in [-0.4, -0.2) is 18.3 Å². The Hall–Kier alpha value is -2.89. The van der Waals surface area contributed by atoms with E-state index in [1.54, 1.807) is 25.3 Å². The Morgan fingerprint density at radius 2 is 2.05 bits per heavy atom. The van der Waals surface area contributed by atoms with E-state index in [1.807, 2.05) is 6.07 Å². The minimum atomic E-state index is -0.575. The van der Waals surface area contributed by atoms with Crippen molar-refractivity contribution in [3.63, 3.8) is 0 Å². The Morgan fingerprint density at radius 1 is 1.24 bits per heavy atom. The van der Waals surface area contributed by atoms with Gasteiger partial charge in [0.1, 0.15) is 18.6 Å². The maximum Gasteiger partial charge on any atom is 0.311 e. The average Bonchev–Trinajstić information content (AvgIpc) is 2.52. The predicted molar refractivity (Wildman–Crippen MR) is 75.8 cm³/mol. The van der Waals surface area contributed by atoms with Gasteiger partial charge in [0.25, 0.3) is 0 Å². The summed E-state index contributed by atoms with van der Waals surface area (Å²) >= 11 is 0. The molecule has 0 saturated heterocycles. The Labute approximate surface area is 121 Å². The molecular weight excluding hydrogens is 274 g/mol. The number of carbonyl (C=O) groups excluding carboxylic acids is 1. The summed E-state index contributed by atoms with van der Waals surface area (Å²) in [6, 6.07) is 11.3. The number of benzene rings is 2. The summed E-state index contributed by atoms with van der Waals surface area (Å²) in [6.45, 7) is 0.165. The molecule has 0 bridgehead atoms. The van der Waals surface area contributed by atoms with Gasteiger partial charge in [-0.25, -0.2) is 0 Å². The van der Waals surface area contributed by atoms with E-state index in [-0.39, 0.29) is 23.6 Å². The van der Waals surface area contributed by atoms with Crippen LogP contribution in [0.15, 0.2) is 42.5 Å². The SMILES string of the molecule is COc1cccc(COc2ccc(C=O)cc2[N+](=O)[O-])c1. The summed E-state index contributed by atoms with van der Waals surface area (Å²) in [7, 11) is 1.56. The molecular formula is C15H13NO5. The molecule has 0 radical (unpaired) electrons. The Bertz CT molecular complexity index is 669. The molecule has 0 amide bonds. The molecule has 0 fully saturated rings. The van der Waals surface area contributed by atoms with Gasteiger partial charge in [-0.15, -0.1) is 0 Å². The van der Waals surface area contributed by atoms with Crippen LogP contribution in [0.2, 0.25) is 0 Å². The zero-order valence-corrected chi connectivity index (χ0v) is 11.3. The number of ether oxygens (including phenoxy) is 2. The number of nitrogens with zero attached hydrogens (tertiary/aromatic N) is 1. The molecule has 0 aliphatic rings. The number of hydrogen-bond acceptors (Lipinski definition) is 5. The van der Waals surface area contributed by atoms with E-state index < -0.39 is 4.92 Å². The molecule has 0 aromatic heterocycles. The van der Waals surface area contributed by atoms with E-state index in [9.17, 15) is 14.9 Å². The largest absolute Gasteiger partial charge is 0.497 e. The van der Waals surface area contributed by atoms with Gasteiger partial charge >= 0.3 is 5.69 Å². The molecule has 0 aliphatic heterocycles. The molecule has 6 heteroatoms. The Balaban J connectivity index is 2.19. The second-order valence-corrected chi connectivity index (χ2v) is 4.24. The van der Waals surface area contributed by atoms with E-state index in [2.05, 4.69) is 0 Å². The van der Waals surface area contributed by atoms with Gasteiger partial charge < -0.3 is 9.47 Å². The van der Waals surface area contributed by atoms with Crippen LogP contribution in [0.25, 0.3) is 0 Å². The van der Waals surface area contributed by atoms with Gasteiger partial charge in [0, 0.05) is 11.6 Å². The third-order valence-corrected chi connectivity index (χ3v) is 2.84. The molecule has 0 saturated carbocycles. The van der Waals surface area contributed by atoms with E-state index in [0.29, 0.717) is 12.0 Å². The molecule has 2 rings (SSSR count). The lowest BCUT2D eigenvalue weighted by atomic mass is 10.2. The van der Waals surface area contributed by atoms with Gasteiger partial charge in [-0.05, 0) is 29.8 Å². The molecule has 2 aromatic rings. The van der Waals surface area contributed by atoms with E-state index in [4.69, 9.17) is 9.47 Å². The monoisotopic (exact) mass is 287 g/mol. The maximum atomic E-state index is 11.0. The molecule has 108 valence electrons. The summed E-state index contributed by atoms with van der Waals surface area (Å²) in [6.07, 6.45) is 0.554. The number of methoxy groups -OCH3 is 1. The third-order valence-electron chi connectivity index (χ3n) is 2.84. The maximum absolute atomic E-state index is 11.0. The van der Waals surface area contributed by atoms with Gasteiger partial charge in [-0.3, -0.25) is 14.9 Å². The summed E-state index contributed by atoms with van der Waals surface area (Å²) in [5.74, 6) is 0.801. The molecule has 0 atom stereocenters. The first kappa shape index (κ1) is 14.5. The molecule has 0 spiro atoms. The van der Waals surface area contributed by atoms with Crippen LogP contribution in [0.5, 0.6) is 11.5 Å². The molecule has 21 heavy (non-hydrogen) atoms. The molecule has 0 N–H and O–H groups in total. The number of carbonyl (C=O) groups is 1. The van der Waals surface area contributed by atoms with Crippen molar-refractivity contribution in [2.75, 3.05) is 7.11 Å². The number of aldehydes is 1. The van der Waals surface area contributed by atoms with Crippen LogP contribution in [0, 0.1) is 10.1 Å². The third kappa shape index (κ3) is 3.56. The molecule has 6 nitrogen and oxygen atoms in total. The quantitative estimate of drug-likeness (QED) is 0.463. The van der Waals surface area contributed by atoms with Crippen LogP contribution in [0.3, 0.4) is 0 Å². The number of nitro benzene ring substituents is 1. The highest BCUT2D eigenvalue weighted by atomic mass is 16.6. The highest BCUT2D eigenvalue weighted by Gasteiger charge is 2.16. The minimum absolute atomic E-state index is 0.119. The normalized spacial score (nSPS) is 9.95. The molecule has 2 aromatic carbocycles.